The fourth-order valence-electron chi connectivity index (χ4n) is 1.47. The zero-order valence-electron chi connectivity index (χ0n) is 10.4. The molecule has 5 nitrogen and oxygen atoms in total. The van der Waals surface area contributed by atoms with E-state index in [0.717, 1.165) is 13.0 Å². The molecule has 4 N–H and O–H groups in total. The standard InChI is InChI=1S/C11H24N2O3/c1-4-5-10(14)9(13-11(15)16)7-12-6-8(2)3/h8-10,12-14H,4-7H2,1-3H3,(H,15,16)/t9-,10-/m0/s1. The van der Waals surface area contributed by atoms with Gasteiger partial charge < -0.3 is 20.8 Å². The van der Waals surface area contributed by atoms with Crippen LogP contribution < -0.4 is 10.6 Å². The summed E-state index contributed by atoms with van der Waals surface area (Å²) in [5.74, 6) is 0.508. The van der Waals surface area contributed by atoms with E-state index in [1.165, 1.54) is 0 Å². The van der Waals surface area contributed by atoms with Gasteiger partial charge in [0.15, 0.2) is 0 Å². The van der Waals surface area contributed by atoms with Crippen LogP contribution in [0.15, 0.2) is 0 Å². The number of hydrogen-bond acceptors (Lipinski definition) is 3. The van der Waals surface area contributed by atoms with Gasteiger partial charge in [-0.05, 0) is 18.9 Å². The molecule has 0 saturated carbocycles. The molecule has 0 aliphatic heterocycles. The zero-order valence-corrected chi connectivity index (χ0v) is 10.4. The Labute approximate surface area is 97.2 Å². The zero-order chi connectivity index (χ0) is 12.6. The van der Waals surface area contributed by atoms with Crippen LogP contribution in [0.1, 0.15) is 33.6 Å². The number of aliphatic hydroxyl groups is 1. The van der Waals surface area contributed by atoms with Crippen LogP contribution in [0, 0.1) is 5.92 Å². The van der Waals surface area contributed by atoms with E-state index in [-0.39, 0.29) is 0 Å². The van der Waals surface area contributed by atoms with Crippen LogP contribution in [0.2, 0.25) is 0 Å². The van der Waals surface area contributed by atoms with Crippen LogP contribution in [0.3, 0.4) is 0 Å². The molecule has 0 aromatic carbocycles. The van der Waals surface area contributed by atoms with Crippen molar-refractivity contribution in [2.24, 2.45) is 5.92 Å². The molecule has 96 valence electrons. The summed E-state index contributed by atoms with van der Waals surface area (Å²) in [5, 5.41) is 23.9. The molecule has 0 bridgehead atoms. The topological polar surface area (TPSA) is 81.6 Å². The molecule has 0 aromatic rings. The van der Waals surface area contributed by atoms with Gasteiger partial charge in [-0.15, -0.1) is 0 Å². The lowest BCUT2D eigenvalue weighted by molar-refractivity contribution is 0.110. The van der Waals surface area contributed by atoms with Gasteiger partial charge in [0, 0.05) is 6.54 Å². The molecule has 0 unspecified atom stereocenters. The minimum Gasteiger partial charge on any atom is -0.465 e. The van der Waals surface area contributed by atoms with Gasteiger partial charge in [-0.25, -0.2) is 4.79 Å². The minimum atomic E-state index is -1.09. The highest BCUT2D eigenvalue weighted by molar-refractivity contribution is 5.64. The first-order chi connectivity index (χ1) is 7.47. The van der Waals surface area contributed by atoms with Crippen LogP contribution in [0.4, 0.5) is 4.79 Å². The van der Waals surface area contributed by atoms with Gasteiger partial charge in [-0.2, -0.15) is 0 Å². The van der Waals surface area contributed by atoms with Crippen molar-refractivity contribution in [3.8, 4) is 0 Å². The molecular formula is C11H24N2O3. The number of carboxylic acid groups (broad SMARTS) is 1. The lowest BCUT2D eigenvalue weighted by atomic mass is 10.1. The smallest absolute Gasteiger partial charge is 0.405 e. The Morgan fingerprint density at radius 1 is 1.31 bits per heavy atom. The van der Waals surface area contributed by atoms with E-state index in [2.05, 4.69) is 24.5 Å². The van der Waals surface area contributed by atoms with E-state index >= 15 is 0 Å². The SMILES string of the molecule is CCC[C@H](O)[C@H](CNCC(C)C)NC(=O)O. The summed E-state index contributed by atoms with van der Waals surface area (Å²) in [5.41, 5.74) is 0. The maximum absolute atomic E-state index is 10.6. The van der Waals surface area contributed by atoms with Gasteiger partial charge in [-0.3, -0.25) is 0 Å². The first-order valence-electron chi connectivity index (χ1n) is 5.85. The van der Waals surface area contributed by atoms with E-state index in [1.54, 1.807) is 0 Å². The predicted molar refractivity (Wildman–Crippen MR) is 63.6 cm³/mol. The second-order valence-corrected chi connectivity index (χ2v) is 4.46. The highest BCUT2D eigenvalue weighted by Gasteiger charge is 2.19. The summed E-state index contributed by atoms with van der Waals surface area (Å²) in [6.07, 6.45) is -0.274. The molecule has 5 heteroatoms. The molecule has 0 aliphatic rings. The number of nitrogens with one attached hydrogen (secondary N) is 2. The van der Waals surface area contributed by atoms with Gasteiger partial charge in [-0.1, -0.05) is 27.2 Å². The third-order valence-electron chi connectivity index (χ3n) is 2.27. The van der Waals surface area contributed by atoms with Gasteiger partial charge in [0.05, 0.1) is 12.1 Å². The molecule has 0 rings (SSSR count). The highest BCUT2D eigenvalue weighted by atomic mass is 16.4. The molecule has 0 radical (unpaired) electrons. The lowest BCUT2D eigenvalue weighted by Crippen LogP contribution is -2.49. The average Bonchev–Trinajstić information content (AvgIpc) is 2.15. The number of carbonyl (C=O) groups is 1. The maximum Gasteiger partial charge on any atom is 0.405 e. The second kappa shape index (κ2) is 8.35. The van der Waals surface area contributed by atoms with E-state index in [4.69, 9.17) is 5.11 Å². The summed E-state index contributed by atoms with van der Waals surface area (Å²) in [4.78, 5) is 10.6. The van der Waals surface area contributed by atoms with Crippen molar-refractivity contribution in [3.63, 3.8) is 0 Å². The quantitative estimate of drug-likeness (QED) is 0.504. The average molecular weight is 232 g/mol. The highest BCUT2D eigenvalue weighted by Crippen LogP contribution is 2.02. The van der Waals surface area contributed by atoms with Crippen molar-refractivity contribution in [1.82, 2.24) is 10.6 Å². The van der Waals surface area contributed by atoms with Crippen molar-refractivity contribution in [2.75, 3.05) is 13.1 Å². The summed E-state index contributed by atoms with van der Waals surface area (Å²) in [6.45, 7) is 7.40. The van der Waals surface area contributed by atoms with Gasteiger partial charge in [0.2, 0.25) is 0 Å². The summed E-state index contributed by atoms with van der Waals surface area (Å²) in [7, 11) is 0. The van der Waals surface area contributed by atoms with Crippen LogP contribution >= 0.6 is 0 Å². The van der Waals surface area contributed by atoms with E-state index in [1.807, 2.05) is 6.92 Å². The van der Waals surface area contributed by atoms with Crippen molar-refractivity contribution in [3.05, 3.63) is 0 Å². The van der Waals surface area contributed by atoms with Crippen molar-refractivity contribution < 1.29 is 15.0 Å². The van der Waals surface area contributed by atoms with Gasteiger partial charge in [0.1, 0.15) is 0 Å². The molecule has 16 heavy (non-hydrogen) atoms. The Morgan fingerprint density at radius 3 is 2.38 bits per heavy atom. The lowest BCUT2D eigenvalue weighted by Gasteiger charge is -2.23. The molecule has 2 atom stereocenters. The number of amides is 1. The van der Waals surface area contributed by atoms with Crippen molar-refractivity contribution in [1.29, 1.82) is 0 Å². The third kappa shape index (κ3) is 7.48. The maximum atomic E-state index is 10.6. The van der Waals surface area contributed by atoms with Crippen LogP contribution in [-0.2, 0) is 0 Å². The Balaban J connectivity index is 4.04. The van der Waals surface area contributed by atoms with Crippen LogP contribution in [-0.4, -0.2) is 41.5 Å². The van der Waals surface area contributed by atoms with Crippen LogP contribution in [0.25, 0.3) is 0 Å². The summed E-state index contributed by atoms with van der Waals surface area (Å²) < 4.78 is 0. The number of hydrogen-bond donors (Lipinski definition) is 4. The molecular weight excluding hydrogens is 208 g/mol. The molecule has 0 aliphatic carbocycles. The Bertz CT molecular complexity index is 198. The van der Waals surface area contributed by atoms with Crippen molar-refractivity contribution in [2.45, 2.75) is 45.8 Å². The molecule has 0 spiro atoms. The second-order valence-electron chi connectivity index (χ2n) is 4.46. The van der Waals surface area contributed by atoms with Gasteiger partial charge in [0.25, 0.3) is 0 Å². The van der Waals surface area contributed by atoms with Gasteiger partial charge >= 0.3 is 6.09 Å². The molecule has 0 fully saturated rings. The first-order valence-corrected chi connectivity index (χ1v) is 5.85. The van der Waals surface area contributed by atoms with Crippen LogP contribution in [0.5, 0.6) is 0 Å². The minimum absolute atomic E-state index is 0.434. The first kappa shape index (κ1) is 15.2. The number of aliphatic hydroxyl groups excluding tert-OH is 1. The Kier molecular flexibility index (Phi) is 7.93. The fourth-order valence-corrected chi connectivity index (χ4v) is 1.47. The molecule has 0 saturated heterocycles. The number of rotatable bonds is 8. The largest absolute Gasteiger partial charge is 0.465 e. The normalized spacial score (nSPS) is 14.8. The molecule has 0 aromatic heterocycles. The molecule has 0 heterocycles. The molecule has 1 amide bonds. The summed E-state index contributed by atoms with van der Waals surface area (Å²) in [6, 6.07) is -0.434. The van der Waals surface area contributed by atoms with Crippen molar-refractivity contribution >= 4 is 6.09 Å². The predicted octanol–water partition coefficient (Wildman–Crippen LogP) is 1.03. The van der Waals surface area contributed by atoms with E-state index in [9.17, 15) is 9.90 Å². The Morgan fingerprint density at radius 2 is 1.94 bits per heavy atom. The monoisotopic (exact) mass is 232 g/mol. The summed E-state index contributed by atoms with van der Waals surface area (Å²) >= 11 is 0. The fraction of sp³-hybridized carbons (Fsp3) is 0.909. The van der Waals surface area contributed by atoms with E-state index in [0.29, 0.717) is 18.9 Å². The third-order valence-corrected chi connectivity index (χ3v) is 2.27. The van der Waals surface area contributed by atoms with E-state index < -0.39 is 18.2 Å². The Hall–Kier alpha value is -0.810.